The number of aromatic nitrogens is 2. The van der Waals surface area contributed by atoms with Gasteiger partial charge in [0.15, 0.2) is 34.5 Å². The van der Waals surface area contributed by atoms with Crippen LogP contribution in [0.15, 0.2) is 243 Å². The van der Waals surface area contributed by atoms with Crippen molar-refractivity contribution in [3.63, 3.8) is 0 Å². The minimum Gasteiger partial charge on any atom is -0.486 e. The van der Waals surface area contributed by atoms with Crippen LogP contribution in [0.1, 0.15) is 272 Å². The van der Waals surface area contributed by atoms with Crippen molar-refractivity contribution >= 4 is 97.3 Å². The highest BCUT2D eigenvalue weighted by atomic mass is 16.6. The number of anilines is 6. The Labute approximate surface area is 850 Å². The Bertz CT molecular complexity index is 6520. The van der Waals surface area contributed by atoms with Gasteiger partial charge < -0.3 is 75.0 Å². The molecule has 2 aromatic heterocycles. The lowest BCUT2D eigenvalue weighted by atomic mass is 9.82. The van der Waals surface area contributed by atoms with Gasteiger partial charge in [-0.2, -0.15) is 0 Å². The molecule has 6 amide bonds. The van der Waals surface area contributed by atoms with E-state index in [1.807, 2.05) is 79.7 Å². The Balaban J connectivity index is 0.000000161. The van der Waals surface area contributed by atoms with Gasteiger partial charge in [0, 0.05) is 119 Å². The lowest BCUT2D eigenvalue weighted by Crippen LogP contribution is -2.19. The van der Waals surface area contributed by atoms with Gasteiger partial charge in [0.25, 0.3) is 0 Å². The molecule has 144 heavy (non-hydrogen) atoms. The summed E-state index contributed by atoms with van der Waals surface area (Å²) < 4.78 is 38.5. The zero-order valence-electron chi connectivity index (χ0n) is 88.1. The molecule has 1 atom stereocenters. The molecule has 5 heterocycles. The van der Waals surface area contributed by atoms with Crippen molar-refractivity contribution in [3.05, 3.63) is 321 Å². The zero-order chi connectivity index (χ0) is 104. The quantitative estimate of drug-likeness (QED) is 0.0261. The van der Waals surface area contributed by atoms with Crippen LogP contribution in [-0.2, 0) is 85.3 Å². The molecule has 0 fully saturated rings. The first-order chi connectivity index (χ1) is 68.1. The smallest absolute Gasteiger partial charge is 0.354 e. The van der Waals surface area contributed by atoms with Crippen molar-refractivity contribution in [1.82, 2.24) is 9.97 Å². The van der Waals surface area contributed by atoms with Crippen LogP contribution in [0, 0.1) is 6.92 Å². The van der Waals surface area contributed by atoms with E-state index in [4.69, 9.17) is 33.2 Å². The summed E-state index contributed by atoms with van der Waals surface area (Å²) in [5.74, 6) is 3.23. The molecular weight excluding hydrogens is 1800 g/mol. The van der Waals surface area contributed by atoms with Gasteiger partial charge in [0.05, 0.1) is 18.0 Å². The maximum Gasteiger partial charge on any atom is 0.354 e. The predicted molar refractivity (Wildman–Crippen MR) is 582 cm³/mol. The third-order valence-electron chi connectivity index (χ3n) is 25.3. The summed E-state index contributed by atoms with van der Waals surface area (Å²) in [6.07, 6.45) is 4.09. The van der Waals surface area contributed by atoms with Gasteiger partial charge in [-0.25, -0.2) is 4.79 Å². The fourth-order valence-corrected chi connectivity index (χ4v) is 16.7. The lowest BCUT2D eigenvalue weighted by Gasteiger charge is -2.24. The molecule has 22 nitrogen and oxygen atoms in total. The second kappa shape index (κ2) is 48.1. The van der Waals surface area contributed by atoms with Crippen LogP contribution >= 0.6 is 0 Å². The second-order valence-corrected chi connectivity index (χ2v) is 43.5. The summed E-state index contributed by atoms with van der Waals surface area (Å²) in [6, 6.07) is 81.1. The fraction of sp³-hybridized carbons (Fsp3) is 0.369. The van der Waals surface area contributed by atoms with Gasteiger partial charge in [0.2, 0.25) is 35.4 Å². The van der Waals surface area contributed by atoms with Crippen LogP contribution in [0.5, 0.6) is 34.5 Å². The standard InChI is InChI=1S/C31H37NO3.C24H28N2O3.C23H28N2O4.C22H26N2O.C22H27NO3/c1-30(2,3)23-11-7-21(8-12-23)26(22-9-13-24(14-10-22)31(4,5)6)20-29(33)32-25-15-16-27-28(19-25)35-18-17-34-27;1-5-29-23(28)21-15-17-14-19(11-12-20(17)26-21)25-22(27)13-8-16-6-9-18(10-7-16)24(2,3)4;1-15(26)24-18-13-20-21(29-12-11-28-20)14-19(18)25-22(27)10-7-16-5-8-17(9-6-16)23(2,3)4;1-15-13-17-14-19(10-11-20(17)23-15)24-21(25)12-7-16-5-8-18(9-6-16)22(2,3)4;1-15(16-5-7-17(8-6-16)22(2,3)4)13-21(24)23-18-9-10-19-20(14-18)26-12-11-25-19/h7-16,19,26H,17-18,20H2,1-6H3,(H,32,33);6-7,9-12,14-15,26H,5,8,13H2,1-4H3,(H,25,27);5-6,8-9,13-14H,7,10-12H2,1-4H3,(H,24,26)(H,25,27);5-6,8-11,13-14,23H,7,12H2,1-4H3,(H,24,25);5-10,14-15H,11-13H2,1-4H3,(H,23,24). The molecule has 22 heteroatoms. The number of aryl methyl sites for hydroxylation is 4. The Hall–Kier alpha value is -14.4. The molecule has 0 saturated heterocycles. The van der Waals surface area contributed by atoms with E-state index in [9.17, 15) is 33.6 Å². The van der Waals surface area contributed by atoms with Gasteiger partial charge in [0.1, 0.15) is 45.3 Å². The van der Waals surface area contributed by atoms with Gasteiger partial charge in [-0.3, -0.25) is 28.8 Å². The molecule has 13 aromatic rings. The van der Waals surface area contributed by atoms with E-state index in [1.54, 1.807) is 25.1 Å². The number of ether oxygens (including phenoxy) is 7. The number of rotatable bonds is 24. The Morgan fingerprint density at radius 2 is 0.618 bits per heavy atom. The third-order valence-corrected chi connectivity index (χ3v) is 25.3. The maximum absolute atomic E-state index is 13.2. The molecule has 11 aromatic carbocycles. The van der Waals surface area contributed by atoms with Gasteiger partial charge >= 0.3 is 5.97 Å². The molecule has 0 spiro atoms. The predicted octanol–water partition coefficient (Wildman–Crippen LogP) is 26.9. The number of benzene rings is 11. The van der Waals surface area contributed by atoms with Crippen molar-refractivity contribution in [2.75, 3.05) is 78.1 Å². The maximum atomic E-state index is 13.2. The number of esters is 1. The lowest BCUT2D eigenvalue weighted by molar-refractivity contribution is -0.117. The van der Waals surface area contributed by atoms with Crippen LogP contribution in [0.25, 0.3) is 21.8 Å². The van der Waals surface area contributed by atoms with E-state index >= 15 is 0 Å². The highest BCUT2D eigenvalue weighted by Gasteiger charge is 2.27. The van der Waals surface area contributed by atoms with Gasteiger partial charge in [-0.15, -0.1) is 0 Å². The van der Waals surface area contributed by atoms with E-state index in [-0.39, 0.29) is 85.7 Å². The molecule has 3 aliphatic rings. The largest absolute Gasteiger partial charge is 0.486 e. The second-order valence-electron chi connectivity index (χ2n) is 43.5. The van der Waals surface area contributed by atoms with E-state index < -0.39 is 0 Å². The zero-order valence-corrected chi connectivity index (χ0v) is 88.1. The first kappa shape index (κ1) is 108. The van der Waals surface area contributed by atoms with Gasteiger partial charge in [-0.1, -0.05) is 277 Å². The molecule has 0 saturated carbocycles. The van der Waals surface area contributed by atoms with E-state index in [1.165, 1.54) is 51.4 Å². The number of hydrogen-bond acceptors (Lipinski definition) is 14. The number of carbonyl (C=O) groups is 7. The Morgan fingerprint density at radius 1 is 0.319 bits per heavy atom. The first-order valence-corrected chi connectivity index (χ1v) is 50.1. The Kier molecular flexibility index (Phi) is 36.2. The minimum atomic E-state index is -0.383. The van der Waals surface area contributed by atoms with E-state index in [2.05, 4.69) is 325 Å². The van der Waals surface area contributed by atoms with E-state index in [0.29, 0.717) is 148 Å². The van der Waals surface area contributed by atoms with Crippen LogP contribution in [0.2, 0.25) is 0 Å². The summed E-state index contributed by atoms with van der Waals surface area (Å²) in [5, 5.41) is 19.5. The van der Waals surface area contributed by atoms with Crippen LogP contribution < -0.4 is 60.3 Å². The minimum absolute atomic E-state index is 0.00549. The van der Waals surface area contributed by atoms with Crippen molar-refractivity contribution < 1.29 is 66.7 Å². The summed E-state index contributed by atoms with van der Waals surface area (Å²) in [6.45, 7) is 50.3. The fourth-order valence-electron chi connectivity index (χ4n) is 16.7. The van der Waals surface area contributed by atoms with Crippen molar-refractivity contribution in [3.8, 4) is 34.5 Å². The number of carbonyl (C=O) groups excluding carboxylic acids is 7. The van der Waals surface area contributed by atoms with Crippen molar-refractivity contribution in [2.24, 2.45) is 0 Å². The molecule has 1 unspecified atom stereocenters. The highest BCUT2D eigenvalue weighted by molar-refractivity contribution is 6.01. The summed E-state index contributed by atoms with van der Waals surface area (Å²) in [4.78, 5) is 92.4. The average molecular weight is 1950 g/mol. The number of fused-ring (bicyclic) bond motifs is 5. The highest BCUT2D eigenvalue weighted by Crippen LogP contribution is 2.42. The van der Waals surface area contributed by atoms with Crippen LogP contribution in [0.4, 0.5) is 34.1 Å². The van der Waals surface area contributed by atoms with Crippen molar-refractivity contribution in [2.45, 2.75) is 248 Å². The molecule has 758 valence electrons. The number of hydrogen-bond donors (Lipinski definition) is 8. The monoisotopic (exact) mass is 1950 g/mol. The molecule has 0 aliphatic carbocycles. The summed E-state index contributed by atoms with van der Waals surface area (Å²) in [7, 11) is 0. The van der Waals surface area contributed by atoms with Crippen LogP contribution in [0.3, 0.4) is 0 Å². The van der Waals surface area contributed by atoms with Gasteiger partial charge in [-0.05, 0) is 211 Å². The average Bonchev–Trinajstić information content (AvgIpc) is 1.25. The van der Waals surface area contributed by atoms with Crippen molar-refractivity contribution in [1.29, 1.82) is 0 Å². The third kappa shape index (κ3) is 32.0. The molecule has 16 rings (SSSR count). The molecule has 8 N–H and O–H groups in total. The number of nitrogens with one attached hydrogen (secondary N) is 8. The molecule has 3 aliphatic heterocycles. The normalized spacial score (nSPS) is 12.9. The SMILES string of the molecule is CC(=O)Nc1cc2c(cc1NC(=O)CCc1ccc(C(C)(C)C)cc1)OCCO2.CC(C)(C)c1ccc(C(CC(=O)Nc2ccc3c(c2)OCCO3)c2ccc(C(C)(C)C)cc2)cc1.CC(CC(=O)Nc1ccc2c(c1)OCCO2)c1ccc(C(C)(C)C)cc1.CCOC(=O)c1cc2cc(NC(=O)CCc3ccc(C(C)(C)C)cc3)ccc2[nH]1.Cc1cc2cc(NC(=O)CCc3ccc(C(C)(C)C)cc3)ccc2[nH]1. The molecule has 0 radical (unpaired) electrons. The first-order valence-electron chi connectivity index (χ1n) is 50.1. The topological polar surface area (TPSA) is 288 Å². The van der Waals surface area contributed by atoms with E-state index in [0.717, 1.165) is 73.3 Å². The Morgan fingerprint density at radius 3 is 0.979 bits per heavy atom. The van der Waals surface area contributed by atoms with Crippen LogP contribution in [-0.4, -0.2) is 97.6 Å². The summed E-state index contributed by atoms with van der Waals surface area (Å²) >= 11 is 0. The number of H-pyrrole nitrogens is 2. The number of amides is 6. The summed E-state index contributed by atoms with van der Waals surface area (Å²) in [5.41, 5.74) is 22.7. The number of aromatic amines is 2. The molecular formula is C122H146N8O14. The molecule has 0 bridgehead atoms.